The lowest BCUT2D eigenvalue weighted by atomic mass is 9.92. The molecule has 1 unspecified atom stereocenters. The molecule has 0 saturated heterocycles. The molecule has 0 spiro atoms. The second-order valence-electron chi connectivity index (χ2n) is 5.14. The Labute approximate surface area is 95.0 Å². The van der Waals surface area contributed by atoms with Crippen LogP contribution in [0.4, 0.5) is 0 Å². The van der Waals surface area contributed by atoms with Crippen molar-refractivity contribution < 1.29 is 5.21 Å². The first-order valence-electron chi connectivity index (χ1n) is 5.98. The summed E-state index contributed by atoms with van der Waals surface area (Å²) in [6.07, 6.45) is 3.38. The third-order valence-corrected chi connectivity index (χ3v) is 3.09. The molecule has 15 heavy (non-hydrogen) atoms. The van der Waals surface area contributed by atoms with Crippen LogP contribution in [-0.2, 0) is 0 Å². The number of nitrogens with zero attached hydrogens (tertiary/aromatic N) is 2. The predicted octanol–water partition coefficient (Wildman–Crippen LogP) is 2.60. The Balaban J connectivity index is 4.37. The number of hydroxylamine groups is 2. The lowest BCUT2D eigenvalue weighted by molar-refractivity contribution is -0.165. The van der Waals surface area contributed by atoms with Crippen LogP contribution in [0.15, 0.2) is 0 Å². The zero-order chi connectivity index (χ0) is 12.1. The summed E-state index contributed by atoms with van der Waals surface area (Å²) in [5, 5.41) is 11.2. The van der Waals surface area contributed by atoms with Crippen LogP contribution in [0.3, 0.4) is 0 Å². The van der Waals surface area contributed by atoms with Crippen molar-refractivity contribution in [2.45, 2.75) is 58.5 Å². The second kappa shape index (κ2) is 6.46. The molecule has 3 heteroatoms. The summed E-state index contributed by atoms with van der Waals surface area (Å²) in [4.78, 5) is 2.26. The molecular formula is C12H28N2O. The fourth-order valence-corrected chi connectivity index (χ4v) is 1.99. The molecule has 92 valence electrons. The topological polar surface area (TPSA) is 26.7 Å². The van der Waals surface area contributed by atoms with E-state index in [2.05, 4.69) is 39.8 Å². The van der Waals surface area contributed by atoms with E-state index in [1.807, 2.05) is 6.92 Å². The Morgan fingerprint density at radius 1 is 1.20 bits per heavy atom. The van der Waals surface area contributed by atoms with Crippen molar-refractivity contribution in [3.05, 3.63) is 0 Å². The maximum absolute atomic E-state index is 9.80. The van der Waals surface area contributed by atoms with Gasteiger partial charge < -0.3 is 10.1 Å². The van der Waals surface area contributed by atoms with E-state index >= 15 is 0 Å². The van der Waals surface area contributed by atoms with Gasteiger partial charge in [0.05, 0.1) is 0 Å². The van der Waals surface area contributed by atoms with Crippen molar-refractivity contribution in [2.24, 2.45) is 0 Å². The van der Waals surface area contributed by atoms with Crippen LogP contribution in [0.25, 0.3) is 0 Å². The molecule has 0 aliphatic carbocycles. The van der Waals surface area contributed by atoms with Gasteiger partial charge in [-0.25, -0.2) is 0 Å². The van der Waals surface area contributed by atoms with Gasteiger partial charge >= 0.3 is 0 Å². The number of rotatable bonds is 7. The highest BCUT2D eigenvalue weighted by Gasteiger charge is 2.28. The van der Waals surface area contributed by atoms with Crippen molar-refractivity contribution >= 4 is 0 Å². The Hall–Kier alpha value is -0.120. The third kappa shape index (κ3) is 4.96. The minimum atomic E-state index is -0.140. The van der Waals surface area contributed by atoms with E-state index in [-0.39, 0.29) is 5.54 Å². The van der Waals surface area contributed by atoms with Gasteiger partial charge in [0.25, 0.3) is 0 Å². The molecule has 0 aliphatic rings. The number of hydrogen-bond acceptors (Lipinski definition) is 3. The van der Waals surface area contributed by atoms with Gasteiger partial charge in [-0.1, -0.05) is 20.3 Å². The van der Waals surface area contributed by atoms with E-state index < -0.39 is 0 Å². The van der Waals surface area contributed by atoms with Crippen LogP contribution in [0.5, 0.6) is 0 Å². The summed E-state index contributed by atoms with van der Waals surface area (Å²) in [7, 11) is 4.23. The first-order valence-corrected chi connectivity index (χ1v) is 5.98. The molecule has 1 atom stereocenters. The first-order chi connectivity index (χ1) is 6.85. The van der Waals surface area contributed by atoms with Gasteiger partial charge in [-0.2, -0.15) is 5.06 Å². The highest BCUT2D eigenvalue weighted by molar-refractivity contribution is 4.82. The third-order valence-electron chi connectivity index (χ3n) is 3.09. The van der Waals surface area contributed by atoms with Gasteiger partial charge in [0, 0.05) is 18.1 Å². The molecule has 1 N–H and O–H groups in total. The van der Waals surface area contributed by atoms with Gasteiger partial charge in [0.1, 0.15) is 0 Å². The van der Waals surface area contributed by atoms with Gasteiger partial charge in [-0.3, -0.25) is 0 Å². The molecule has 0 aliphatic heterocycles. The van der Waals surface area contributed by atoms with E-state index in [4.69, 9.17) is 0 Å². The van der Waals surface area contributed by atoms with Crippen molar-refractivity contribution in [1.29, 1.82) is 0 Å². The van der Waals surface area contributed by atoms with Gasteiger partial charge in [-0.15, -0.1) is 0 Å². The van der Waals surface area contributed by atoms with Crippen molar-refractivity contribution in [3.8, 4) is 0 Å². The maximum atomic E-state index is 9.80. The van der Waals surface area contributed by atoms with E-state index in [1.54, 1.807) is 0 Å². The molecule has 3 nitrogen and oxygen atoms in total. The average Bonchev–Trinajstić information content (AvgIpc) is 2.15. The highest BCUT2D eigenvalue weighted by atomic mass is 16.5. The van der Waals surface area contributed by atoms with E-state index in [0.29, 0.717) is 12.6 Å². The molecule has 0 bridgehead atoms. The summed E-state index contributed by atoms with van der Waals surface area (Å²) in [6.45, 7) is 9.07. The fraction of sp³-hybridized carbons (Fsp3) is 1.00. The predicted molar refractivity (Wildman–Crippen MR) is 65.2 cm³/mol. The fourth-order valence-electron chi connectivity index (χ4n) is 1.99. The SMILES string of the molecule is CCCC(CC(C)(C)N(O)CC)N(C)C. The molecule has 0 rings (SSSR count). The van der Waals surface area contributed by atoms with Crippen LogP contribution in [0, 0.1) is 0 Å². The molecule has 0 aromatic rings. The number of hydrogen-bond donors (Lipinski definition) is 1. The summed E-state index contributed by atoms with van der Waals surface area (Å²) in [5.41, 5.74) is -0.140. The molecule has 0 fully saturated rings. The molecule has 0 amide bonds. The van der Waals surface area contributed by atoms with Crippen LogP contribution < -0.4 is 0 Å². The normalized spacial score (nSPS) is 15.0. The van der Waals surface area contributed by atoms with E-state index in [0.717, 1.165) is 6.42 Å². The second-order valence-corrected chi connectivity index (χ2v) is 5.14. The lowest BCUT2D eigenvalue weighted by Gasteiger charge is -2.38. The zero-order valence-electron chi connectivity index (χ0n) is 11.2. The minimum Gasteiger partial charge on any atom is -0.313 e. The largest absolute Gasteiger partial charge is 0.313 e. The van der Waals surface area contributed by atoms with Gasteiger partial charge in [0.2, 0.25) is 0 Å². The monoisotopic (exact) mass is 216 g/mol. The molecule has 0 heterocycles. The van der Waals surface area contributed by atoms with E-state index in [1.165, 1.54) is 17.9 Å². The highest BCUT2D eigenvalue weighted by Crippen LogP contribution is 2.22. The van der Waals surface area contributed by atoms with Crippen molar-refractivity contribution in [3.63, 3.8) is 0 Å². The van der Waals surface area contributed by atoms with Crippen LogP contribution in [0.1, 0.15) is 47.0 Å². The zero-order valence-corrected chi connectivity index (χ0v) is 11.2. The van der Waals surface area contributed by atoms with Crippen LogP contribution in [-0.4, -0.2) is 47.4 Å². The summed E-state index contributed by atoms with van der Waals surface area (Å²) >= 11 is 0. The summed E-state index contributed by atoms with van der Waals surface area (Å²) in [5.74, 6) is 0. The van der Waals surface area contributed by atoms with Gasteiger partial charge in [0.15, 0.2) is 0 Å². The average molecular weight is 216 g/mol. The molecule has 0 radical (unpaired) electrons. The minimum absolute atomic E-state index is 0.140. The Morgan fingerprint density at radius 2 is 1.73 bits per heavy atom. The molecule has 0 saturated carbocycles. The standard InChI is InChI=1S/C12H28N2O/c1-7-9-11(13(5)6)10-12(3,4)14(15)8-2/h11,15H,7-10H2,1-6H3. The summed E-state index contributed by atoms with van der Waals surface area (Å²) < 4.78 is 0. The molecule has 0 aromatic carbocycles. The van der Waals surface area contributed by atoms with E-state index in [9.17, 15) is 5.21 Å². The first kappa shape index (κ1) is 14.9. The Morgan fingerprint density at radius 3 is 2.07 bits per heavy atom. The molecule has 0 aromatic heterocycles. The Kier molecular flexibility index (Phi) is 6.41. The van der Waals surface area contributed by atoms with Crippen LogP contribution >= 0.6 is 0 Å². The van der Waals surface area contributed by atoms with Crippen LogP contribution in [0.2, 0.25) is 0 Å². The maximum Gasteiger partial charge on any atom is 0.0419 e. The van der Waals surface area contributed by atoms with Crippen molar-refractivity contribution in [2.75, 3.05) is 20.6 Å². The van der Waals surface area contributed by atoms with Gasteiger partial charge in [-0.05, 0) is 40.8 Å². The lowest BCUT2D eigenvalue weighted by Crippen LogP contribution is -2.46. The summed E-state index contributed by atoms with van der Waals surface area (Å²) in [6, 6.07) is 0.547. The Bertz CT molecular complexity index is 169. The molecular weight excluding hydrogens is 188 g/mol. The quantitative estimate of drug-likeness (QED) is 0.663. The smallest absolute Gasteiger partial charge is 0.0419 e. The van der Waals surface area contributed by atoms with Crippen molar-refractivity contribution in [1.82, 2.24) is 9.96 Å².